The third-order valence-electron chi connectivity index (χ3n) is 3.46. The summed E-state index contributed by atoms with van der Waals surface area (Å²) in [7, 11) is 0. The molecule has 0 fully saturated rings. The van der Waals surface area contributed by atoms with E-state index < -0.39 is 0 Å². The minimum absolute atomic E-state index is 0.0181. The van der Waals surface area contributed by atoms with E-state index in [-0.39, 0.29) is 12.6 Å². The van der Waals surface area contributed by atoms with Crippen molar-refractivity contribution in [2.45, 2.75) is 19.1 Å². The normalized spacial score (nSPS) is 12.6. The van der Waals surface area contributed by atoms with Crippen LogP contribution in [0.4, 0.5) is 0 Å². The van der Waals surface area contributed by atoms with E-state index in [2.05, 4.69) is 29.2 Å². The molecule has 0 heterocycles. The van der Waals surface area contributed by atoms with E-state index in [1.54, 1.807) is 0 Å². The quantitative estimate of drug-likeness (QED) is 0.809. The standard InChI is InChI=1S/C17H22N2O/c18-11-17(14-20)19(12-15-7-3-1-4-8-15)13-16-9-5-2-6-10-16/h1-10,17,20H,11-14,18H2. The largest absolute Gasteiger partial charge is 0.395 e. The summed E-state index contributed by atoms with van der Waals surface area (Å²) in [6.07, 6.45) is 0. The second-order valence-electron chi connectivity index (χ2n) is 4.95. The molecule has 20 heavy (non-hydrogen) atoms. The predicted octanol–water partition coefficient (Wildman–Crippen LogP) is 2.01. The predicted molar refractivity (Wildman–Crippen MR) is 82.1 cm³/mol. The summed E-state index contributed by atoms with van der Waals surface area (Å²) in [6, 6.07) is 20.5. The van der Waals surface area contributed by atoms with E-state index >= 15 is 0 Å². The zero-order valence-corrected chi connectivity index (χ0v) is 11.7. The SMILES string of the molecule is NCC(CO)N(Cc1ccccc1)Cc1ccccc1. The van der Waals surface area contributed by atoms with Crippen LogP contribution in [0.2, 0.25) is 0 Å². The van der Waals surface area contributed by atoms with Crippen LogP contribution in [0.1, 0.15) is 11.1 Å². The number of hydrogen-bond donors (Lipinski definition) is 2. The fourth-order valence-electron chi connectivity index (χ4n) is 2.29. The Bertz CT molecular complexity index is 441. The van der Waals surface area contributed by atoms with Gasteiger partial charge < -0.3 is 10.8 Å². The van der Waals surface area contributed by atoms with Crippen LogP contribution in [0.15, 0.2) is 60.7 Å². The molecular weight excluding hydrogens is 248 g/mol. The molecule has 0 amide bonds. The summed E-state index contributed by atoms with van der Waals surface area (Å²) in [4.78, 5) is 2.23. The van der Waals surface area contributed by atoms with E-state index in [0.29, 0.717) is 6.54 Å². The van der Waals surface area contributed by atoms with Gasteiger partial charge in [0.1, 0.15) is 0 Å². The fraction of sp³-hybridized carbons (Fsp3) is 0.294. The monoisotopic (exact) mass is 270 g/mol. The summed E-state index contributed by atoms with van der Waals surface area (Å²) in [5.74, 6) is 0. The Hall–Kier alpha value is -1.68. The van der Waals surface area contributed by atoms with Crippen molar-refractivity contribution in [2.75, 3.05) is 13.2 Å². The molecule has 1 unspecified atom stereocenters. The molecule has 0 aliphatic heterocycles. The molecule has 0 radical (unpaired) electrons. The molecule has 2 rings (SSSR count). The van der Waals surface area contributed by atoms with Gasteiger partial charge in [0.2, 0.25) is 0 Å². The van der Waals surface area contributed by atoms with Crippen LogP contribution in [0.25, 0.3) is 0 Å². The highest BCUT2D eigenvalue weighted by Crippen LogP contribution is 2.13. The highest BCUT2D eigenvalue weighted by atomic mass is 16.3. The Labute approximate surface area is 120 Å². The first-order valence-corrected chi connectivity index (χ1v) is 6.96. The number of benzene rings is 2. The van der Waals surface area contributed by atoms with Crippen molar-refractivity contribution in [1.82, 2.24) is 4.90 Å². The van der Waals surface area contributed by atoms with E-state index in [1.165, 1.54) is 11.1 Å². The maximum atomic E-state index is 9.53. The summed E-state index contributed by atoms with van der Waals surface area (Å²) >= 11 is 0. The van der Waals surface area contributed by atoms with E-state index in [9.17, 15) is 5.11 Å². The molecule has 106 valence electrons. The molecule has 0 saturated heterocycles. The molecule has 3 N–H and O–H groups in total. The molecule has 3 nitrogen and oxygen atoms in total. The highest BCUT2D eigenvalue weighted by molar-refractivity contribution is 5.17. The van der Waals surface area contributed by atoms with Gasteiger partial charge in [0, 0.05) is 25.7 Å². The summed E-state index contributed by atoms with van der Waals surface area (Å²) < 4.78 is 0. The number of aliphatic hydroxyl groups is 1. The minimum Gasteiger partial charge on any atom is -0.395 e. The number of nitrogens with zero attached hydrogens (tertiary/aromatic N) is 1. The molecule has 2 aromatic carbocycles. The maximum absolute atomic E-state index is 9.53. The van der Waals surface area contributed by atoms with Crippen molar-refractivity contribution >= 4 is 0 Å². The molecule has 0 bridgehead atoms. The number of nitrogens with two attached hydrogens (primary N) is 1. The lowest BCUT2D eigenvalue weighted by Crippen LogP contribution is -2.42. The summed E-state index contributed by atoms with van der Waals surface area (Å²) in [5.41, 5.74) is 8.25. The molecule has 2 aromatic rings. The first-order valence-electron chi connectivity index (χ1n) is 6.96. The Morgan fingerprint density at radius 2 is 1.30 bits per heavy atom. The van der Waals surface area contributed by atoms with E-state index in [4.69, 9.17) is 5.73 Å². The van der Waals surface area contributed by atoms with Gasteiger partial charge in [-0.2, -0.15) is 0 Å². The van der Waals surface area contributed by atoms with Crippen molar-refractivity contribution in [3.8, 4) is 0 Å². The number of hydrogen-bond acceptors (Lipinski definition) is 3. The van der Waals surface area contributed by atoms with Crippen LogP contribution in [-0.2, 0) is 13.1 Å². The molecular formula is C17H22N2O. The molecule has 0 aromatic heterocycles. The Balaban J connectivity index is 2.12. The van der Waals surface area contributed by atoms with Gasteiger partial charge in [0.15, 0.2) is 0 Å². The zero-order chi connectivity index (χ0) is 14.2. The lowest BCUT2D eigenvalue weighted by molar-refractivity contribution is 0.114. The zero-order valence-electron chi connectivity index (χ0n) is 11.7. The molecule has 0 aliphatic rings. The Morgan fingerprint density at radius 3 is 1.65 bits per heavy atom. The van der Waals surface area contributed by atoms with Gasteiger partial charge in [-0.25, -0.2) is 0 Å². The van der Waals surface area contributed by atoms with Crippen molar-refractivity contribution in [2.24, 2.45) is 5.73 Å². The molecule has 0 saturated carbocycles. The lowest BCUT2D eigenvalue weighted by Gasteiger charge is -2.29. The first-order chi connectivity index (χ1) is 9.83. The molecule has 0 aliphatic carbocycles. The average molecular weight is 270 g/mol. The Kier molecular flexibility index (Phi) is 5.74. The highest BCUT2D eigenvalue weighted by Gasteiger charge is 2.16. The number of aliphatic hydroxyl groups excluding tert-OH is 1. The smallest absolute Gasteiger partial charge is 0.0599 e. The van der Waals surface area contributed by atoms with Gasteiger partial charge in [-0.05, 0) is 11.1 Å². The van der Waals surface area contributed by atoms with Gasteiger partial charge in [-0.1, -0.05) is 60.7 Å². The minimum atomic E-state index is -0.0181. The second kappa shape index (κ2) is 7.80. The van der Waals surface area contributed by atoms with Gasteiger partial charge in [0.25, 0.3) is 0 Å². The van der Waals surface area contributed by atoms with Gasteiger partial charge in [0.05, 0.1) is 6.61 Å². The van der Waals surface area contributed by atoms with Crippen molar-refractivity contribution < 1.29 is 5.11 Å². The van der Waals surface area contributed by atoms with Crippen LogP contribution in [0.5, 0.6) is 0 Å². The second-order valence-corrected chi connectivity index (χ2v) is 4.95. The van der Waals surface area contributed by atoms with Crippen molar-refractivity contribution in [3.63, 3.8) is 0 Å². The fourth-order valence-corrected chi connectivity index (χ4v) is 2.29. The van der Waals surface area contributed by atoms with E-state index in [1.807, 2.05) is 36.4 Å². The van der Waals surface area contributed by atoms with Gasteiger partial charge >= 0.3 is 0 Å². The van der Waals surface area contributed by atoms with Crippen LogP contribution in [0.3, 0.4) is 0 Å². The number of rotatable bonds is 7. The molecule has 0 spiro atoms. The molecule has 1 atom stereocenters. The van der Waals surface area contributed by atoms with Crippen LogP contribution in [0, 0.1) is 0 Å². The topological polar surface area (TPSA) is 49.5 Å². The summed E-state index contributed by atoms with van der Waals surface area (Å²) in [5, 5.41) is 9.53. The average Bonchev–Trinajstić information content (AvgIpc) is 2.50. The van der Waals surface area contributed by atoms with Crippen molar-refractivity contribution in [3.05, 3.63) is 71.8 Å². The summed E-state index contributed by atoms with van der Waals surface area (Å²) in [6.45, 7) is 2.11. The first kappa shape index (κ1) is 14.7. The Morgan fingerprint density at radius 1 is 0.850 bits per heavy atom. The third-order valence-corrected chi connectivity index (χ3v) is 3.46. The van der Waals surface area contributed by atoms with Crippen molar-refractivity contribution in [1.29, 1.82) is 0 Å². The maximum Gasteiger partial charge on any atom is 0.0599 e. The molecule has 3 heteroatoms. The van der Waals surface area contributed by atoms with Crippen LogP contribution < -0.4 is 5.73 Å². The van der Waals surface area contributed by atoms with Crippen LogP contribution in [-0.4, -0.2) is 29.2 Å². The third kappa shape index (κ3) is 4.17. The van der Waals surface area contributed by atoms with Crippen LogP contribution >= 0.6 is 0 Å². The lowest BCUT2D eigenvalue weighted by atomic mass is 10.1. The van der Waals surface area contributed by atoms with E-state index in [0.717, 1.165) is 13.1 Å². The van der Waals surface area contributed by atoms with Gasteiger partial charge in [-0.3, -0.25) is 4.90 Å². The van der Waals surface area contributed by atoms with Gasteiger partial charge in [-0.15, -0.1) is 0 Å².